The maximum Gasteiger partial charge on any atom is 2.00 e. The van der Waals surface area contributed by atoms with Gasteiger partial charge in [0.05, 0.1) is 0 Å². The minimum absolute atomic E-state index is 0. The van der Waals surface area contributed by atoms with Crippen LogP contribution in [0, 0.1) is 0 Å². The van der Waals surface area contributed by atoms with Gasteiger partial charge in [-0.25, -0.2) is 13.7 Å². The summed E-state index contributed by atoms with van der Waals surface area (Å²) >= 11 is 0. The molecule has 0 fully saturated rings. The molecule has 0 heterocycles. The third-order valence-electron chi connectivity index (χ3n) is 0.419. The molecule has 0 aliphatic carbocycles. The molecule has 0 bridgehead atoms. The van der Waals surface area contributed by atoms with Crippen molar-refractivity contribution in [3.63, 3.8) is 0 Å². The van der Waals surface area contributed by atoms with Crippen LogP contribution in [0.5, 0.6) is 0 Å². The van der Waals surface area contributed by atoms with Crippen molar-refractivity contribution in [1.82, 2.24) is 0 Å². The van der Waals surface area contributed by atoms with E-state index in [-0.39, 0.29) is 96.7 Å². The van der Waals surface area contributed by atoms with E-state index in [1.54, 1.807) is 0 Å². The molecule has 0 unspecified atom stereocenters. The van der Waals surface area contributed by atoms with Crippen LogP contribution in [0.1, 0.15) is 5.71 Å². The molecule has 0 saturated heterocycles. The summed E-state index contributed by atoms with van der Waals surface area (Å²) in [5, 5.41) is 0. The molecule has 88 valence electrons. The molecule has 0 aromatic carbocycles. The molecule has 0 aromatic heterocycles. The minimum Gasteiger partial charge on any atom is -1.00 e. The summed E-state index contributed by atoms with van der Waals surface area (Å²) in [4.78, 5) is 40.2. The smallest absolute Gasteiger partial charge is 1.00 e. The summed E-state index contributed by atoms with van der Waals surface area (Å²) in [6.07, 6.45) is 0. The number of phosphoric acid groups is 3. The van der Waals surface area contributed by atoms with Gasteiger partial charge < -0.3 is 30.2 Å². The first-order valence-electron chi connectivity index (χ1n) is 2.28. The van der Waals surface area contributed by atoms with Crippen molar-refractivity contribution in [1.29, 1.82) is 0 Å². The molecule has 10 nitrogen and oxygen atoms in total. The Morgan fingerprint density at radius 1 is 0.733 bits per heavy atom. The summed E-state index contributed by atoms with van der Waals surface area (Å²) in [5.41, 5.74) is 0. The average Bonchev–Trinajstić information content (AvgIpc) is 1.43. The first-order valence-corrected chi connectivity index (χ1v) is 6.83. The van der Waals surface area contributed by atoms with Gasteiger partial charge in [0.15, 0.2) is 0 Å². The van der Waals surface area contributed by atoms with Crippen LogP contribution in [0.4, 0.5) is 0 Å². The van der Waals surface area contributed by atoms with Crippen molar-refractivity contribution >= 4 is 114 Å². The van der Waals surface area contributed by atoms with Crippen molar-refractivity contribution in [2.45, 2.75) is 0 Å². The van der Waals surface area contributed by atoms with Crippen molar-refractivity contribution in [2.24, 2.45) is 0 Å². The molecular formula is H9O10P3Sr2. The molecule has 15 heteroatoms. The fourth-order valence-corrected chi connectivity index (χ4v) is 2.82. The SMILES string of the molecule is O=P(O)(O)OP(=O)(O)OP(=O)(O)O.[H-].[H-].[H-].[H-].[Sr+2].[Sr+2]. The minimum atomic E-state index is -5.46. The van der Waals surface area contributed by atoms with E-state index >= 15 is 0 Å². The van der Waals surface area contributed by atoms with Gasteiger partial charge >= 0.3 is 114 Å². The van der Waals surface area contributed by atoms with Gasteiger partial charge in [-0.1, -0.05) is 0 Å². The van der Waals surface area contributed by atoms with Crippen molar-refractivity contribution in [3.05, 3.63) is 0 Å². The molecule has 0 amide bonds. The molecule has 15 heavy (non-hydrogen) atoms. The predicted molar refractivity (Wildman–Crippen MR) is 52.0 cm³/mol. The third kappa shape index (κ3) is 17.4. The van der Waals surface area contributed by atoms with E-state index in [4.69, 9.17) is 24.5 Å². The quantitative estimate of drug-likeness (QED) is 0.271. The second kappa shape index (κ2) is 8.52. The van der Waals surface area contributed by atoms with Gasteiger partial charge in [-0.05, 0) is 0 Å². The monoisotopic (exact) mass is 438 g/mol. The Hall–Kier alpha value is 3.37. The Morgan fingerprint density at radius 2 is 0.933 bits per heavy atom. The molecule has 0 atom stereocenters. The van der Waals surface area contributed by atoms with E-state index in [2.05, 4.69) is 8.62 Å². The van der Waals surface area contributed by atoms with E-state index < -0.39 is 23.5 Å². The zero-order valence-corrected chi connectivity index (χ0v) is 16.7. The van der Waals surface area contributed by atoms with Gasteiger partial charge in [0.25, 0.3) is 0 Å². The standard InChI is InChI=1S/H5O10P3.2Sr.4H/c1-11(2,3)9-13(7,8)10-12(4,5)6;;;;;;/h(H,7,8)(H2,1,2,3)(H2,4,5,6);;;;;;/q;2*+2;4*-1. The van der Waals surface area contributed by atoms with E-state index in [1.165, 1.54) is 0 Å². The molecule has 0 aromatic rings. The number of rotatable bonds is 4. The average molecular weight is 437 g/mol. The first kappa shape index (κ1) is 23.5. The molecule has 0 rings (SSSR count). The van der Waals surface area contributed by atoms with Crippen LogP contribution in [0.2, 0.25) is 0 Å². The van der Waals surface area contributed by atoms with Crippen molar-refractivity contribution in [2.75, 3.05) is 0 Å². The third-order valence-corrected chi connectivity index (χ3v) is 3.77. The first-order chi connectivity index (χ1) is 5.41. The zero-order chi connectivity index (χ0) is 10.9. The maximum atomic E-state index is 10.4. The second-order valence-corrected chi connectivity index (χ2v) is 5.82. The van der Waals surface area contributed by atoms with Crippen LogP contribution in [-0.4, -0.2) is 115 Å². The van der Waals surface area contributed by atoms with E-state index in [9.17, 15) is 13.7 Å². The largest absolute Gasteiger partial charge is 2.00 e. The van der Waals surface area contributed by atoms with Crippen LogP contribution < -0.4 is 0 Å². The molecule has 0 aliphatic heterocycles. The van der Waals surface area contributed by atoms with Crippen LogP contribution in [0.25, 0.3) is 0 Å². The van der Waals surface area contributed by atoms with Crippen molar-refractivity contribution < 1.29 is 52.5 Å². The Morgan fingerprint density at radius 3 is 1.07 bits per heavy atom. The molecule has 0 spiro atoms. The van der Waals surface area contributed by atoms with E-state index in [1.807, 2.05) is 0 Å². The van der Waals surface area contributed by atoms with Gasteiger partial charge in [0.2, 0.25) is 0 Å². The summed E-state index contributed by atoms with van der Waals surface area (Å²) < 4.78 is 36.4. The number of hydrogen-bond donors (Lipinski definition) is 5. The molecular weight excluding hydrogens is 428 g/mol. The summed E-state index contributed by atoms with van der Waals surface area (Å²) in [6.45, 7) is 0. The van der Waals surface area contributed by atoms with E-state index in [0.29, 0.717) is 0 Å². The van der Waals surface area contributed by atoms with Gasteiger partial charge in [-0.15, -0.1) is 0 Å². The van der Waals surface area contributed by atoms with Crippen LogP contribution in [-0.2, 0) is 22.3 Å². The Labute approximate surface area is 164 Å². The fourth-order valence-electron chi connectivity index (χ4n) is 0.284. The van der Waals surface area contributed by atoms with Crippen LogP contribution in [0.3, 0.4) is 0 Å². The summed E-state index contributed by atoms with van der Waals surface area (Å²) in [7, 11) is -16.2. The molecule has 5 N–H and O–H groups in total. The van der Waals surface area contributed by atoms with Crippen LogP contribution >= 0.6 is 23.5 Å². The van der Waals surface area contributed by atoms with Gasteiger partial charge in [-0.2, -0.15) is 8.62 Å². The van der Waals surface area contributed by atoms with E-state index in [0.717, 1.165) is 0 Å². The topological polar surface area (TPSA) is 171 Å². The fraction of sp³-hybridized carbons (Fsp3) is 0. The van der Waals surface area contributed by atoms with Gasteiger partial charge in [0.1, 0.15) is 0 Å². The van der Waals surface area contributed by atoms with Crippen molar-refractivity contribution in [3.8, 4) is 0 Å². The second-order valence-electron chi connectivity index (χ2n) is 1.61. The maximum absolute atomic E-state index is 10.4. The Balaban J connectivity index is -0.0000000480. The summed E-state index contributed by atoms with van der Waals surface area (Å²) in [6, 6.07) is 0. The zero-order valence-electron chi connectivity index (χ0n) is 11.0. The normalized spacial score (nSPS) is 12.6. The molecule has 0 aliphatic rings. The van der Waals surface area contributed by atoms with Crippen LogP contribution in [0.15, 0.2) is 0 Å². The summed E-state index contributed by atoms with van der Waals surface area (Å²) in [5.74, 6) is 0. The Kier molecular flexibility index (Phi) is 13.3. The number of hydrogen-bond acceptors (Lipinski definition) is 5. The molecule has 0 radical (unpaired) electrons. The Bertz CT molecular complexity index is 295. The molecule has 0 saturated carbocycles. The predicted octanol–water partition coefficient (Wildman–Crippen LogP) is -1.01. The van der Waals surface area contributed by atoms with Gasteiger partial charge in [0, 0.05) is 0 Å². The van der Waals surface area contributed by atoms with Gasteiger partial charge in [-0.3, -0.25) is 0 Å².